The molecule has 3 N–H and O–H groups in total. The van der Waals surface area contributed by atoms with Gasteiger partial charge in [-0.15, -0.1) is 0 Å². The van der Waals surface area contributed by atoms with Crippen molar-refractivity contribution in [1.29, 1.82) is 0 Å². The second kappa shape index (κ2) is 7.41. The number of hydrogen-bond donors (Lipinski definition) is 2. The molecule has 0 unspecified atom stereocenters. The molecule has 1 aromatic rings. The number of carbonyl (C=O) groups excluding carboxylic acids is 1. The number of nitrogens with zero attached hydrogens (tertiary/aromatic N) is 1. The van der Waals surface area contributed by atoms with Crippen LogP contribution in [0.25, 0.3) is 0 Å². The van der Waals surface area contributed by atoms with E-state index in [0.29, 0.717) is 6.54 Å². The third-order valence-electron chi connectivity index (χ3n) is 4.11. The predicted octanol–water partition coefficient (Wildman–Crippen LogP) is 2.26. The van der Waals surface area contributed by atoms with Crippen molar-refractivity contribution in [3.63, 3.8) is 0 Å². The van der Waals surface area contributed by atoms with Gasteiger partial charge in [0.2, 0.25) is 0 Å². The Hall–Kier alpha value is -1.62. The molecule has 0 saturated carbocycles. The Kier molecular flexibility index (Phi) is 5.56. The van der Waals surface area contributed by atoms with Gasteiger partial charge in [-0.25, -0.2) is 4.39 Å². The van der Waals surface area contributed by atoms with Crippen molar-refractivity contribution in [2.24, 2.45) is 5.92 Å². The Labute approximate surface area is 125 Å². The number of halogens is 1. The van der Waals surface area contributed by atoms with Gasteiger partial charge in [0.05, 0.1) is 11.3 Å². The fourth-order valence-corrected chi connectivity index (χ4v) is 2.62. The van der Waals surface area contributed by atoms with Gasteiger partial charge in [-0.3, -0.25) is 4.79 Å². The van der Waals surface area contributed by atoms with Crippen LogP contribution in [0, 0.1) is 11.7 Å². The zero-order valence-corrected chi connectivity index (χ0v) is 12.6. The fourth-order valence-electron chi connectivity index (χ4n) is 2.62. The lowest BCUT2D eigenvalue weighted by atomic mass is 9.99. The number of likely N-dealkylation sites (tertiary alicyclic amines) is 1. The molecule has 1 aliphatic heterocycles. The Morgan fingerprint density at radius 3 is 2.86 bits per heavy atom. The van der Waals surface area contributed by atoms with Crippen LogP contribution in [0.1, 0.15) is 36.5 Å². The van der Waals surface area contributed by atoms with Crippen molar-refractivity contribution in [3.8, 4) is 0 Å². The van der Waals surface area contributed by atoms with E-state index in [-0.39, 0.29) is 17.2 Å². The molecule has 0 aliphatic carbocycles. The van der Waals surface area contributed by atoms with Gasteiger partial charge in [0.1, 0.15) is 5.82 Å². The van der Waals surface area contributed by atoms with Crippen LogP contribution in [-0.2, 0) is 0 Å². The summed E-state index contributed by atoms with van der Waals surface area (Å²) in [7, 11) is 0. The first-order valence-corrected chi connectivity index (χ1v) is 7.62. The number of nitrogen functional groups attached to an aromatic ring is 1. The summed E-state index contributed by atoms with van der Waals surface area (Å²) in [5.74, 6) is -0.0266. The molecule has 116 valence electrons. The maximum atomic E-state index is 13.3. The Balaban J connectivity index is 1.71. The summed E-state index contributed by atoms with van der Waals surface area (Å²) >= 11 is 0. The van der Waals surface area contributed by atoms with Gasteiger partial charge in [0, 0.05) is 6.54 Å². The van der Waals surface area contributed by atoms with Crippen molar-refractivity contribution in [2.45, 2.75) is 26.2 Å². The molecule has 0 aromatic heterocycles. The number of nitrogens with one attached hydrogen (secondary N) is 1. The first kappa shape index (κ1) is 15.8. The van der Waals surface area contributed by atoms with Gasteiger partial charge >= 0.3 is 0 Å². The fraction of sp³-hybridized carbons (Fsp3) is 0.562. The maximum Gasteiger partial charge on any atom is 0.253 e. The van der Waals surface area contributed by atoms with Crippen LogP contribution in [0.15, 0.2) is 18.2 Å². The molecule has 2 rings (SSSR count). The summed E-state index contributed by atoms with van der Waals surface area (Å²) in [6.07, 6.45) is 3.41. The summed E-state index contributed by atoms with van der Waals surface area (Å²) in [5.41, 5.74) is 5.70. The molecule has 1 amide bonds. The number of anilines is 1. The third-order valence-corrected chi connectivity index (χ3v) is 4.11. The Morgan fingerprint density at radius 1 is 1.43 bits per heavy atom. The van der Waals surface area contributed by atoms with Gasteiger partial charge in [-0.05, 0) is 56.9 Å². The van der Waals surface area contributed by atoms with E-state index in [1.165, 1.54) is 25.0 Å². The van der Waals surface area contributed by atoms with Gasteiger partial charge in [-0.2, -0.15) is 0 Å². The molecular formula is C16H24FN3O. The number of hydrogen-bond acceptors (Lipinski definition) is 3. The van der Waals surface area contributed by atoms with E-state index < -0.39 is 5.82 Å². The van der Waals surface area contributed by atoms with Gasteiger partial charge in [0.25, 0.3) is 5.91 Å². The molecular weight excluding hydrogens is 269 g/mol. The molecule has 0 spiro atoms. The summed E-state index contributed by atoms with van der Waals surface area (Å²) in [6.45, 7) is 6.16. The van der Waals surface area contributed by atoms with Crippen LogP contribution < -0.4 is 11.1 Å². The van der Waals surface area contributed by atoms with E-state index in [9.17, 15) is 9.18 Å². The average Bonchev–Trinajstić information content (AvgIpc) is 2.48. The molecule has 0 atom stereocenters. The highest BCUT2D eigenvalue weighted by Gasteiger charge is 2.15. The van der Waals surface area contributed by atoms with E-state index >= 15 is 0 Å². The SMILES string of the molecule is CC1CCN(CCCNC(=O)c2cccc(F)c2N)CC1. The first-order chi connectivity index (χ1) is 10.1. The van der Waals surface area contributed by atoms with Crippen LogP contribution >= 0.6 is 0 Å². The van der Waals surface area contributed by atoms with Crippen molar-refractivity contribution < 1.29 is 9.18 Å². The Morgan fingerprint density at radius 2 is 2.14 bits per heavy atom. The lowest BCUT2D eigenvalue weighted by Crippen LogP contribution is -2.35. The average molecular weight is 293 g/mol. The van der Waals surface area contributed by atoms with Crippen LogP contribution in [0.5, 0.6) is 0 Å². The standard InChI is InChI=1S/C16H24FN3O/c1-12-6-10-20(11-7-12)9-3-8-19-16(21)13-4-2-5-14(17)15(13)18/h2,4-5,12H,3,6-11,18H2,1H3,(H,19,21). The molecule has 21 heavy (non-hydrogen) atoms. The molecule has 5 heteroatoms. The number of piperidine rings is 1. The van der Waals surface area contributed by atoms with Crippen molar-refractivity contribution in [1.82, 2.24) is 10.2 Å². The van der Waals surface area contributed by atoms with E-state index in [2.05, 4.69) is 17.1 Å². The third kappa shape index (κ3) is 4.43. The van der Waals surface area contributed by atoms with E-state index in [1.807, 2.05) is 0 Å². The number of para-hydroxylation sites is 1. The number of nitrogens with two attached hydrogens (primary N) is 1. The van der Waals surface area contributed by atoms with E-state index in [0.717, 1.165) is 32.0 Å². The summed E-state index contributed by atoms with van der Waals surface area (Å²) in [6, 6.07) is 4.29. The zero-order chi connectivity index (χ0) is 15.2. The molecule has 1 saturated heterocycles. The summed E-state index contributed by atoms with van der Waals surface area (Å²) < 4.78 is 13.3. The van der Waals surface area contributed by atoms with Crippen LogP contribution in [0.2, 0.25) is 0 Å². The molecule has 1 heterocycles. The van der Waals surface area contributed by atoms with Crippen molar-refractivity contribution >= 4 is 11.6 Å². The van der Waals surface area contributed by atoms with Crippen LogP contribution in [-0.4, -0.2) is 37.0 Å². The highest BCUT2D eigenvalue weighted by molar-refractivity contribution is 5.99. The lowest BCUT2D eigenvalue weighted by Gasteiger charge is -2.30. The lowest BCUT2D eigenvalue weighted by molar-refractivity contribution is 0.0951. The minimum absolute atomic E-state index is 0.0833. The first-order valence-electron chi connectivity index (χ1n) is 7.62. The molecule has 0 radical (unpaired) electrons. The van der Waals surface area contributed by atoms with Crippen LogP contribution in [0.4, 0.5) is 10.1 Å². The molecule has 0 bridgehead atoms. The second-order valence-corrected chi connectivity index (χ2v) is 5.83. The number of amides is 1. The molecule has 1 fully saturated rings. The summed E-state index contributed by atoms with van der Waals surface area (Å²) in [4.78, 5) is 14.4. The summed E-state index contributed by atoms with van der Waals surface area (Å²) in [5, 5.41) is 2.80. The second-order valence-electron chi connectivity index (χ2n) is 5.83. The predicted molar refractivity (Wildman–Crippen MR) is 82.6 cm³/mol. The van der Waals surface area contributed by atoms with Crippen molar-refractivity contribution in [3.05, 3.63) is 29.6 Å². The van der Waals surface area contributed by atoms with Crippen LogP contribution in [0.3, 0.4) is 0 Å². The monoisotopic (exact) mass is 293 g/mol. The molecule has 1 aromatic carbocycles. The van der Waals surface area contributed by atoms with Gasteiger partial charge in [0.15, 0.2) is 0 Å². The topological polar surface area (TPSA) is 58.4 Å². The minimum atomic E-state index is -0.551. The molecule has 1 aliphatic rings. The number of rotatable bonds is 5. The number of carbonyl (C=O) groups is 1. The van der Waals surface area contributed by atoms with Crippen molar-refractivity contribution in [2.75, 3.05) is 31.9 Å². The maximum absolute atomic E-state index is 13.3. The minimum Gasteiger partial charge on any atom is -0.396 e. The Bertz CT molecular complexity index is 484. The number of benzene rings is 1. The highest BCUT2D eigenvalue weighted by Crippen LogP contribution is 2.16. The van der Waals surface area contributed by atoms with E-state index in [1.54, 1.807) is 6.07 Å². The smallest absolute Gasteiger partial charge is 0.253 e. The van der Waals surface area contributed by atoms with Gasteiger partial charge < -0.3 is 16.0 Å². The highest BCUT2D eigenvalue weighted by atomic mass is 19.1. The normalized spacial score (nSPS) is 16.9. The van der Waals surface area contributed by atoms with Gasteiger partial charge in [-0.1, -0.05) is 13.0 Å². The molecule has 4 nitrogen and oxygen atoms in total. The quantitative estimate of drug-likeness (QED) is 0.647. The van der Waals surface area contributed by atoms with E-state index in [4.69, 9.17) is 5.73 Å². The zero-order valence-electron chi connectivity index (χ0n) is 12.6. The largest absolute Gasteiger partial charge is 0.396 e.